The van der Waals surface area contributed by atoms with Gasteiger partial charge in [-0.25, -0.2) is 9.78 Å². The van der Waals surface area contributed by atoms with Crippen LogP contribution in [0.1, 0.15) is 69.0 Å². The summed E-state index contributed by atoms with van der Waals surface area (Å²) in [6.07, 6.45) is 8.91. The minimum Gasteiger partial charge on any atom is -0.465 e. The van der Waals surface area contributed by atoms with Crippen molar-refractivity contribution in [1.29, 1.82) is 0 Å². The van der Waals surface area contributed by atoms with Gasteiger partial charge in [0.25, 0.3) is 0 Å². The number of pyridine rings is 1. The first-order chi connectivity index (χ1) is 13.5. The van der Waals surface area contributed by atoms with E-state index in [4.69, 9.17) is 9.51 Å². The molecule has 2 heterocycles. The standard InChI is InChI=1S/C20H23BrN4O3/c21-14-3-10-22-15(11-14)25(18(26)27)12-19-4-7-20(8-5-19,9-6-19)17-23-16(24-28-17)13-1-2-13/h3,10-11,13H,1-2,4-9,12H2,(H,26,27). The van der Waals surface area contributed by atoms with Gasteiger partial charge >= 0.3 is 6.09 Å². The van der Waals surface area contributed by atoms with Crippen LogP contribution < -0.4 is 4.90 Å². The van der Waals surface area contributed by atoms with Crippen molar-refractivity contribution in [3.63, 3.8) is 0 Å². The van der Waals surface area contributed by atoms with E-state index in [9.17, 15) is 9.90 Å². The summed E-state index contributed by atoms with van der Waals surface area (Å²) in [4.78, 5) is 22.4. The molecular formula is C20H23BrN4O3. The van der Waals surface area contributed by atoms with Gasteiger partial charge in [0, 0.05) is 28.5 Å². The smallest absolute Gasteiger partial charge is 0.413 e. The Hall–Kier alpha value is -1.96. The Balaban J connectivity index is 1.33. The number of carbonyl (C=O) groups is 1. The maximum atomic E-state index is 12.0. The number of aromatic nitrogens is 3. The van der Waals surface area contributed by atoms with Crippen molar-refractivity contribution < 1.29 is 14.4 Å². The number of anilines is 1. The second-order valence-electron chi connectivity index (χ2n) is 8.71. The summed E-state index contributed by atoms with van der Waals surface area (Å²) >= 11 is 3.41. The molecule has 0 spiro atoms. The van der Waals surface area contributed by atoms with E-state index >= 15 is 0 Å². The molecule has 28 heavy (non-hydrogen) atoms. The Morgan fingerprint density at radius 2 is 1.96 bits per heavy atom. The van der Waals surface area contributed by atoms with Crippen molar-refractivity contribution in [3.05, 3.63) is 34.5 Å². The van der Waals surface area contributed by atoms with Crippen molar-refractivity contribution in [2.24, 2.45) is 5.41 Å². The zero-order valence-corrected chi connectivity index (χ0v) is 17.2. The normalized spacial score (nSPS) is 29.0. The van der Waals surface area contributed by atoms with Gasteiger partial charge in [-0.2, -0.15) is 4.98 Å². The van der Waals surface area contributed by atoms with E-state index in [2.05, 4.69) is 26.1 Å². The van der Waals surface area contributed by atoms with Crippen molar-refractivity contribution in [2.75, 3.05) is 11.4 Å². The van der Waals surface area contributed by atoms with Gasteiger partial charge in [0.15, 0.2) is 5.82 Å². The van der Waals surface area contributed by atoms with Crippen LogP contribution in [0.5, 0.6) is 0 Å². The number of nitrogens with zero attached hydrogens (tertiary/aromatic N) is 4. The molecule has 148 valence electrons. The molecule has 0 radical (unpaired) electrons. The van der Waals surface area contributed by atoms with E-state index in [1.807, 2.05) is 0 Å². The summed E-state index contributed by atoms with van der Waals surface area (Å²) in [6, 6.07) is 3.57. The molecule has 1 N–H and O–H groups in total. The van der Waals surface area contributed by atoms with Crippen LogP contribution in [0.3, 0.4) is 0 Å². The van der Waals surface area contributed by atoms with Gasteiger partial charge in [-0.3, -0.25) is 4.90 Å². The third-order valence-corrected chi connectivity index (χ3v) is 7.44. The number of hydrogen-bond acceptors (Lipinski definition) is 5. The van der Waals surface area contributed by atoms with Crippen LogP contribution in [0.15, 0.2) is 27.3 Å². The largest absolute Gasteiger partial charge is 0.465 e. The highest BCUT2D eigenvalue weighted by molar-refractivity contribution is 9.10. The van der Waals surface area contributed by atoms with Gasteiger partial charge in [0.1, 0.15) is 5.82 Å². The fourth-order valence-electron chi connectivity index (χ4n) is 4.90. The quantitative estimate of drug-likeness (QED) is 0.702. The maximum absolute atomic E-state index is 12.0. The SMILES string of the molecule is O=C(O)N(CC12CCC(c3nc(C4CC4)no3)(CC1)CC2)c1cc(Br)ccn1. The fraction of sp³-hybridized carbons (Fsp3) is 0.600. The lowest BCUT2D eigenvalue weighted by molar-refractivity contribution is 0.0279. The average Bonchev–Trinajstić information content (AvgIpc) is 3.43. The lowest BCUT2D eigenvalue weighted by atomic mass is 9.53. The molecule has 0 aromatic carbocycles. The lowest BCUT2D eigenvalue weighted by Gasteiger charge is -2.52. The number of carboxylic acid groups (broad SMARTS) is 1. The van der Waals surface area contributed by atoms with Gasteiger partial charge in [-0.15, -0.1) is 0 Å². The predicted molar refractivity (Wildman–Crippen MR) is 105 cm³/mol. The zero-order chi connectivity index (χ0) is 19.4. The zero-order valence-electron chi connectivity index (χ0n) is 15.6. The highest BCUT2D eigenvalue weighted by Gasteiger charge is 2.53. The number of halogens is 1. The van der Waals surface area contributed by atoms with Crippen LogP contribution >= 0.6 is 15.9 Å². The highest BCUT2D eigenvalue weighted by Crippen LogP contribution is 2.58. The Morgan fingerprint density at radius 1 is 1.25 bits per heavy atom. The van der Waals surface area contributed by atoms with Gasteiger partial charge in [-0.05, 0) is 68.9 Å². The molecule has 0 saturated heterocycles. The molecule has 6 rings (SSSR count). The topological polar surface area (TPSA) is 92.3 Å². The lowest BCUT2D eigenvalue weighted by Crippen LogP contribution is -2.50. The predicted octanol–water partition coefficient (Wildman–Crippen LogP) is 4.88. The summed E-state index contributed by atoms with van der Waals surface area (Å²) in [7, 11) is 0. The molecule has 4 aliphatic rings. The molecule has 8 heteroatoms. The molecule has 0 unspecified atom stereocenters. The van der Waals surface area contributed by atoms with Crippen LogP contribution in [0, 0.1) is 5.41 Å². The van der Waals surface area contributed by atoms with Crippen molar-refractivity contribution in [2.45, 2.75) is 62.7 Å². The molecule has 4 aliphatic carbocycles. The first-order valence-corrected chi connectivity index (χ1v) is 10.7. The first kappa shape index (κ1) is 18.1. The van der Waals surface area contributed by atoms with E-state index in [1.54, 1.807) is 18.3 Å². The van der Waals surface area contributed by atoms with Crippen molar-refractivity contribution >= 4 is 27.8 Å². The highest BCUT2D eigenvalue weighted by atomic mass is 79.9. The van der Waals surface area contributed by atoms with Crippen LogP contribution in [-0.4, -0.2) is 32.9 Å². The minimum absolute atomic E-state index is 0.00345. The van der Waals surface area contributed by atoms with Gasteiger partial charge in [0.05, 0.1) is 0 Å². The number of amides is 1. The second kappa shape index (κ2) is 6.54. The minimum atomic E-state index is -0.951. The molecular weight excluding hydrogens is 424 g/mol. The number of fused-ring (bicyclic) bond motifs is 3. The Kier molecular flexibility index (Phi) is 4.23. The molecule has 1 amide bonds. The van der Waals surface area contributed by atoms with Crippen LogP contribution in [0.2, 0.25) is 0 Å². The molecule has 7 nitrogen and oxygen atoms in total. The van der Waals surface area contributed by atoms with Crippen LogP contribution in [0.4, 0.5) is 10.6 Å². The Labute approximate surface area is 171 Å². The summed E-state index contributed by atoms with van der Waals surface area (Å²) in [5.74, 6) is 2.67. The molecule has 2 bridgehead atoms. The Morgan fingerprint density at radius 3 is 2.57 bits per heavy atom. The van der Waals surface area contributed by atoms with Gasteiger partial charge in [0.2, 0.25) is 5.89 Å². The Bertz CT molecular complexity index is 886. The van der Waals surface area contributed by atoms with Crippen molar-refractivity contribution in [3.8, 4) is 0 Å². The summed E-state index contributed by atoms with van der Waals surface area (Å²) in [5, 5.41) is 14.0. The average molecular weight is 447 g/mol. The molecule has 4 saturated carbocycles. The fourth-order valence-corrected chi connectivity index (χ4v) is 5.23. The third-order valence-electron chi connectivity index (χ3n) is 6.95. The van der Waals surface area contributed by atoms with E-state index in [0.29, 0.717) is 18.3 Å². The molecule has 4 fully saturated rings. The van der Waals surface area contributed by atoms with Gasteiger partial charge < -0.3 is 9.63 Å². The summed E-state index contributed by atoms with van der Waals surface area (Å²) in [6.45, 7) is 0.485. The number of hydrogen-bond donors (Lipinski definition) is 1. The third kappa shape index (κ3) is 3.11. The van der Waals surface area contributed by atoms with E-state index in [1.165, 1.54) is 17.7 Å². The first-order valence-electron chi connectivity index (χ1n) is 9.95. The maximum Gasteiger partial charge on any atom is 0.413 e. The molecule has 2 aromatic heterocycles. The van der Waals surface area contributed by atoms with E-state index in [-0.39, 0.29) is 10.8 Å². The molecule has 2 aromatic rings. The second-order valence-corrected chi connectivity index (χ2v) is 9.63. The monoisotopic (exact) mass is 446 g/mol. The van der Waals surface area contributed by atoms with E-state index in [0.717, 1.165) is 54.7 Å². The molecule has 0 aliphatic heterocycles. The van der Waals surface area contributed by atoms with Crippen LogP contribution in [-0.2, 0) is 5.41 Å². The molecule has 0 atom stereocenters. The summed E-state index contributed by atoms with van der Waals surface area (Å²) in [5.41, 5.74) is -0.00650. The number of rotatable bonds is 5. The summed E-state index contributed by atoms with van der Waals surface area (Å²) < 4.78 is 6.51. The van der Waals surface area contributed by atoms with Gasteiger partial charge in [-0.1, -0.05) is 21.1 Å². The van der Waals surface area contributed by atoms with Crippen molar-refractivity contribution in [1.82, 2.24) is 15.1 Å². The van der Waals surface area contributed by atoms with Crippen LogP contribution in [0.25, 0.3) is 0 Å². The van der Waals surface area contributed by atoms with E-state index < -0.39 is 6.09 Å².